The minimum atomic E-state index is -0.162. The maximum Gasteiger partial charge on any atom is 0.267 e. The zero-order valence-corrected chi connectivity index (χ0v) is 17.8. The monoisotopic (exact) mass is 414 g/mol. The van der Waals surface area contributed by atoms with Crippen molar-refractivity contribution >= 4 is 51.7 Å². The first-order valence-electron chi connectivity index (χ1n) is 9.42. The number of rotatable bonds is 3. The maximum absolute atomic E-state index is 13.3. The topological polar surface area (TPSA) is 57.9 Å². The average Bonchev–Trinajstić information content (AvgIpc) is 3.26. The molecule has 2 aromatic heterocycles. The molecule has 2 aromatic rings. The van der Waals surface area contributed by atoms with Gasteiger partial charge < -0.3 is 4.90 Å². The van der Waals surface area contributed by atoms with Gasteiger partial charge in [-0.2, -0.15) is 0 Å². The van der Waals surface area contributed by atoms with Crippen molar-refractivity contribution in [3.8, 4) is 0 Å². The van der Waals surface area contributed by atoms with Crippen molar-refractivity contribution in [3.63, 3.8) is 0 Å². The number of pyridine rings is 1. The van der Waals surface area contributed by atoms with Crippen LogP contribution >= 0.6 is 24.0 Å². The van der Waals surface area contributed by atoms with Gasteiger partial charge in [-0.1, -0.05) is 30.0 Å². The van der Waals surface area contributed by atoms with Crippen LogP contribution in [-0.2, 0) is 4.79 Å². The molecule has 4 rings (SSSR count). The third kappa shape index (κ3) is 3.24. The Labute approximate surface area is 173 Å². The predicted octanol–water partition coefficient (Wildman–Crippen LogP) is 3.21. The van der Waals surface area contributed by atoms with Crippen molar-refractivity contribution in [3.05, 3.63) is 44.7 Å². The molecular formula is C20H22N4O2S2. The molecule has 2 saturated heterocycles. The number of carbonyl (C=O) groups excluding carboxylic acids is 1. The molecule has 0 aliphatic carbocycles. The van der Waals surface area contributed by atoms with Crippen molar-refractivity contribution in [1.29, 1.82) is 0 Å². The van der Waals surface area contributed by atoms with Crippen molar-refractivity contribution < 1.29 is 4.79 Å². The van der Waals surface area contributed by atoms with E-state index in [0.29, 0.717) is 26.3 Å². The molecule has 2 fully saturated rings. The highest BCUT2D eigenvalue weighted by Crippen LogP contribution is 2.35. The molecule has 0 radical (unpaired) electrons. The minimum absolute atomic E-state index is 0.0186. The van der Waals surface area contributed by atoms with E-state index in [1.54, 1.807) is 21.6 Å². The molecule has 28 heavy (non-hydrogen) atoms. The molecule has 2 aliphatic heterocycles. The molecule has 146 valence electrons. The van der Waals surface area contributed by atoms with Gasteiger partial charge in [0.25, 0.3) is 11.5 Å². The number of hydrogen-bond acceptors (Lipinski definition) is 6. The van der Waals surface area contributed by atoms with E-state index in [9.17, 15) is 9.59 Å². The molecular weight excluding hydrogens is 392 g/mol. The lowest BCUT2D eigenvalue weighted by Crippen LogP contribution is -2.34. The summed E-state index contributed by atoms with van der Waals surface area (Å²) >= 11 is 6.62. The predicted molar refractivity (Wildman–Crippen MR) is 118 cm³/mol. The number of amides is 1. The van der Waals surface area contributed by atoms with E-state index in [4.69, 9.17) is 17.2 Å². The Balaban J connectivity index is 1.91. The number of nitrogens with zero attached hydrogens (tertiary/aromatic N) is 4. The second-order valence-corrected chi connectivity index (χ2v) is 9.10. The van der Waals surface area contributed by atoms with Crippen molar-refractivity contribution in [2.24, 2.45) is 0 Å². The zero-order chi connectivity index (χ0) is 20.0. The Hall–Kier alpha value is -2.19. The first kappa shape index (κ1) is 19.1. The summed E-state index contributed by atoms with van der Waals surface area (Å²) in [5.74, 6) is 0.507. The first-order chi connectivity index (χ1) is 13.4. The Morgan fingerprint density at radius 3 is 2.57 bits per heavy atom. The van der Waals surface area contributed by atoms with Crippen molar-refractivity contribution in [2.45, 2.75) is 39.7 Å². The number of carbonyl (C=O) groups is 1. The van der Waals surface area contributed by atoms with E-state index in [-0.39, 0.29) is 17.5 Å². The van der Waals surface area contributed by atoms with E-state index >= 15 is 0 Å². The molecule has 0 spiro atoms. The summed E-state index contributed by atoms with van der Waals surface area (Å²) in [6, 6.07) is 3.79. The quantitative estimate of drug-likeness (QED) is 0.568. The van der Waals surface area contributed by atoms with Crippen LogP contribution in [-0.4, -0.2) is 43.6 Å². The van der Waals surface area contributed by atoms with Crippen LogP contribution in [0.4, 0.5) is 5.82 Å². The number of hydrogen-bond donors (Lipinski definition) is 0. The van der Waals surface area contributed by atoms with Gasteiger partial charge in [-0.15, -0.1) is 0 Å². The number of thiocarbonyl (C=S) groups is 1. The van der Waals surface area contributed by atoms with Gasteiger partial charge in [-0.25, -0.2) is 4.98 Å². The van der Waals surface area contributed by atoms with Gasteiger partial charge in [0, 0.05) is 25.3 Å². The van der Waals surface area contributed by atoms with Crippen LogP contribution in [0.5, 0.6) is 0 Å². The fourth-order valence-corrected chi connectivity index (χ4v) is 5.11. The van der Waals surface area contributed by atoms with Gasteiger partial charge in [0.2, 0.25) is 0 Å². The van der Waals surface area contributed by atoms with Crippen LogP contribution in [0.1, 0.15) is 37.8 Å². The lowest BCUT2D eigenvalue weighted by molar-refractivity contribution is -0.123. The Bertz CT molecular complexity index is 1070. The summed E-state index contributed by atoms with van der Waals surface area (Å²) in [6.07, 6.45) is 5.61. The van der Waals surface area contributed by atoms with Crippen LogP contribution in [0.25, 0.3) is 11.7 Å². The van der Waals surface area contributed by atoms with Crippen molar-refractivity contribution in [2.75, 3.05) is 18.0 Å². The van der Waals surface area contributed by atoms with Gasteiger partial charge in [0.15, 0.2) is 0 Å². The number of fused-ring (bicyclic) bond motifs is 1. The number of aromatic nitrogens is 2. The van der Waals surface area contributed by atoms with Crippen LogP contribution in [0.3, 0.4) is 0 Å². The Kier molecular flexibility index (Phi) is 5.01. The minimum Gasteiger partial charge on any atom is -0.356 e. The Morgan fingerprint density at radius 1 is 1.21 bits per heavy atom. The molecule has 0 atom stereocenters. The highest BCUT2D eigenvalue weighted by atomic mass is 32.2. The molecule has 0 bridgehead atoms. The summed E-state index contributed by atoms with van der Waals surface area (Å²) in [7, 11) is 0. The lowest BCUT2D eigenvalue weighted by Gasteiger charge is -2.20. The van der Waals surface area contributed by atoms with E-state index in [0.717, 1.165) is 31.5 Å². The SMILES string of the molecule is Cc1ccc2nc(N3CCCC3)c(/C=C3/SC(=S)N(C(C)C)C3=O)c(=O)n2c1. The molecule has 0 unspecified atom stereocenters. The molecule has 0 saturated carbocycles. The average molecular weight is 415 g/mol. The van der Waals surface area contributed by atoms with E-state index < -0.39 is 0 Å². The standard InChI is InChI=1S/C20H22N4O2S2/c1-12(2)24-19(26)15(28-20(24)27)10-14-17(22-8-4-5-9-22)21-16-7-6-13(3)11-23(16)18(14)25/h6-7,10-12H,4-5,8-9H2,1-3H3/b15-10+. The summed E-state index contributed by atoms with van der Waals surface area (Å²) in [4.78, 5) is 35.1. The second-order valence-electron chi connectivity index (χ2n) is 7.43. The summed E-state index contributed by atoms with van der Waals surface area (Å²) in [5.41, 5.74) is 1.88. The number of anilines is 1. The van der Waals surface area contributed by atoms with E-state index in [2.05, 4.69) is 4.90 Å². The zero-order valence-electron chi connectivity index (χ0n) is 16.1. The van der Waals surface area contributed by atoms with Crippen LogP contribution in [0.15, 0.2) is 28.0 Å². The maximum atomic E-state index is 13.3. The fourth-order valence-electron chi connectivity index (χ4n) is 3.60. The Morgan fingerprint density at radius 2 is 1.93 bits per heavy atom. The second kappa shape index (κ2) is 7.33. The highest BCUT2D eigenvalue weighted by molar-refractivity contribution is 8.26. The van der Waals surface area contributed by atoms with Crippen LogP contribution < -0.4 is 10.5 Å². The number of thioether (sulfide) groups is 1. The summed E-state index contributed by atoms with van der Waals surface area (Å²) in [5, 5.41) is 0. The first-order valence-corrected chi connectivity index (χ1v) is 10.6. The van der Waals surface area contributed by atoms with Gasteiger partial charge in [-0.05, 0) is 51.3 Å². The largest absolute Gasteiger partial charge is 0.356 e. The molecule has 2 aliphatic rings. The summed E-state index contributed by atoms with van der Waals surface area (Å²) < 4.78 is 2.09. The fraction of sp³-hybridized carbons (Fsp3) is 0.400. The molecule has 4 heterocycles. The van der Waals surface area contributed by atoms with Gasteiger partial charge in [0.1, 0.15) is 15.8 Å². The smallest absolute Gasteiger partial charge is 0.267 e. The van der Waals surface area contributed by atoms with E-state index in [1.165, 1.54) is 11.8 Å². The summed E-state index contributed by atoms with van der Waals surface area (Å²) in [6.45, 7) is 7.52. The molecule has 6 nitrogen and oxygen atoms in total. The third-order valence-electron chi connectivity index (χ3n) is 5.01. The van der Waals surface area contributed by atoms with Crippen LogP contribution in [0, 0.1) is 6.92 Å². The third-order valence-corrected chi connectivity index (χ3v) is 6.34. The molecule has 1 amide bonds. The van der Waals surface area contributed by atoms with Gasteiger partial charge in [0.05, 0.1) is 10.5 Å². The molecule has 0 aromatic carbocycles. The van der Waals surface area contributed by atoms with Crippen LogP contribution in [0.2, 0.25) is 0 Å². The highest BCUT2D eigenvalue weighted by Gasteiger charge is 2.34. The number of aryl methyl sites for hydroxylation is 1. The lowest BCUT2D eigenvalue weighted by atomic mass is 10.2. The van der Waals surface area contributed by atoms with Crippen molar-refractivity contribution in [1.82, 2.24) is 14.3 Å². The van der Waals surface area contributed by atoms with Gasteiger partial charge >= 0.3 is 0 Å². The normalized spacial score (nSPS) is 19.1. The molecule has 8 heteroatoms. The van der Waals surface area contributed by atoms with Gasteiger partial charge in [-0.3, -0.25) is 18.9 Å². The molecule has 0 N–H and O–H groups in total. The van der Waals surface area contributed by atoms with E-state index in [1.807, 2.05) is 32.9 Å².